The fraction of sp³-hybridized carbons (Fsp3) is 0.692. The summed E-state index contributed by atoms with van der Waals surface area (Å²) in [6.45, 7) is 6.50. The molecule has 1 aromatic heterocycles. The molecule has 4 nitrogen and oxygen atoms in total. The number of nitrogens with zero attached hydrogens (tertiary/aromatic N) is 2. The van der Waals surface area contributed by atoms with E-state index in [-0.39, 0.29) is 18.6 Å². The van der Waals surface area contributed by atoms with E-state index in [9.17, 15) is 4.79 Å². The summed E-state index contributed by atoms with van der Waals surface area (Å²) < 4.78 is 0. The van der Waals surface area contributed by atoms with Crippen LogP contribution in [0.2, 0.25) is 0 Å². The maximum Gasteiger partial charge on any atom is 0.228 e. The van der Waals surface area contributed by atoms with E-state index >= 15 is 0 Å². The van der Waals surface area contributed by atoms with E-state index in [4.69, 9.17) is 5.11 Å². The fourth-order valence-electron chi connectivity index (χ4n) is 2.09. The summed E-state index contributed by atoms with van der Waals surface area (Å²) >= 11 is 1.56. The largest absolute Gasteiger partial charge is 0.395 e. The molecule has 1 aromatic rings. The van der Waals surface area contributed by atoms with Gasteiger partial charge in [0.25, 0.3) is 0 Å². The van der Waals surface area contributed by atoms with E-state index < -0.39 is 0 Å². The van der Waals surface area contributed by atoms with Gasteiger partial charge in [-0.1, -0.05) is 13.8 Å². The second kappa shape index (κ2) is 7.48. The number of carbonyl (C=O) groups is 1. The van der Waals surface area contributed by atoms with Gasteiger partial charge < -0.3 is 10.0 Å². The smallest absolute Gasteiger partial charge is 0.228 e. The normalized spacial score (nSPS) is 10.9. The Labute approximate surface area is 113 Å². The van der Waals surface area contributed by atoms with Gasteiger partial charge in [-0.25, -0.2) is 4.98 Å². The van der Waals surface area contributed by atoms with Crippen molar-refractivity contribution in [3.63, 3.8) is 0 Å². The van der Waals surface area contributed by atoms with Crippen LogP contribution in [0.3, 0.4) is 0 Å². The molecule has 5 heteroatoms. The molecular weight excluding hydrogens is 248 g/mol. The van der Waals surface area contributed by atoms with Crippen LogP contribution < -0.4 is 0 Å². The number of thiazole rings is 1. The zero-order valence-electron chi connectivity index (χ0n) is 11.3. The predicted molar refractivity (Wildman–Crippen MR) is 73.7 cm³/mol. The van der Waals surface area contributed by atoms with Crippen molar-refractivity contribution in [2.75, 3.05) is 13.2 Å². The zero-order valence-corrected chi connectivity index (χ0v) is 12.2. The minimum atomic E-state index is 0.0122. The summed E-state index contributed by atoms with van der Waals surface area (Å²) in [7, 11) is 0. The molecule has 0 aliphatic heterocycles. The van der Waals surface area contributed by atoms with Gasteiger partial charge in [0.1, 0.15) is 0 Å². The molecule has 0 saturated heterocycles. The van der Waals surface area contributed by atoms with Crippen molar-refractivity contribution in [1.29, 1.82) is 0 Å². The molecule has 0 unspecified atom stereocenters. The van der Waals surface area contributed by atoms with Gasteiger partial charge in [-0.15, -0.1) is 11.3 Å². The number of aliphatic hydroxyl groups is 1. The van der Waals surface area contributed by atoms with Crippen molar-refractivity contribution < 1.29 is 9.90 Å². The van der Waals surface area contributed by atoms with Gasteiger partial charge >= 0.3 is 0 Å². The van der Waals surface area contributed by atoms with Gasteiger partial charge in [0.2, 0.25) is 5.91 Å². The first kappa shape index (κ1) is 15.1. The van der Waals surface area contributed by atoms with Gasteiger partial charge in [0.15, 0.2) is 0 Å². The number of hydrogen-bond donors (Lipinski definition) is 1. The molecule has 0 aliphatic carbocycles. The molecule has 0 atom stereocenters. The number of rotatable bonds is 7. The van der Waals surface area contributed by atoms with Crippen molar-refractivity contribution in [3.8, 4) is 0 Å². The number of carbonyl (C=O) groups excluding carboxylic acids is 1. The van der Waals surface area contributed by atoms with E-state index in [0.717, 1.165) is 23.5 Å². The average molecular weight is 270 g/mol. The number of aromatic nitrogens is 1. The average Bonchev–Trinajstić information content (AvgIpc) is 2.75. The Morgan fingerprint density at radius 2 is 2.17 bits per heavy atom. The summed E-state index contributed by atoms with van der Waals surface area (Å²) in [6, 6.07) is 0.212. The Bertz CT molecular complexity index is 375. The molecule has 0 radical (unpaired) electrons. The molecule has 0 bridgehead atoms. The maximum atomic E-state index is 12.3. The Kier molecular flexibility index (Phi) is 6.29. The molecular formula is C13H22N2O2S. The molecule has 102 valence electrons. The van der Waals surface area contributed by atoms with Crippen molar-refractivity contribution in [2.45, 2.75) is 46.1 Å². The van der Waals surface area contributed by atoms with Crippen LogP contribution in [0, 0.1) is 6.92 Å². The van der Waals surface area contributed by atoms with Crippen LogP contribution in [0.5, 0.6) is 0 Å². The molecule has 0 aromatic carbocycles. The summed E-state index contributed by atoms with van der Waals surface area (Å²) in [5.74, 6) is 0.0584. The lowest BCUT2D eigenvalue weighted by molar-refractivity contribution is -0.133. The van der Waals surface area contributed by atoms with Crippen LogP contribution in [-0.4, -0.2) is 40.1 Å². The van der Waals surface area contributed by atoms with Crippen molar-refractivity contribution in [1.82, 2.24) is 9.88 Å². The van der Waals surface area contributed by atoms with Crippen molar-refractivity contribution in [3.05, 3.63) is 16.1 Å². The SMILES string of the molecule is CCC(CC)N(CCO)C(=O)Cc1csc(C)n1. The Balaban J connectivity index is 2.69. The molecule has 0 saturated carbocycles. The Morgan fingerprint density at radius 1 is 1.50 bits per heavy atom. The van der Waals surface area contributed by atoms with Gasteiger partial charge in [-0.2, -0.15) is 0 Å². The number of aryl methyl sites for hydroxylation is 1. The second-order valence-electron chi connectivity index (χ2n) is 4.32. The highest BCUT2D eigenvalue weighted by Crippen LogP contribution is 2.13. The highest BCUT2D eigenvalue weighted by atomic mass is 32.1. The minimum absolute atomic E-state index is 0.0122. The highest BCUT2D eigenvalue weighted by Gasteiger charge is 2.21. The lowest BCUT2D eigenvalue weighted by atomic mass is 10.1. The quantitative estimate of drug-likeness (QED) is 0.824. The van der Waals surface area contributed by atoms with Crippen LogP contribution in [-0.2, 0) is 11.2 Å². The Hall–Kier alpha value is -0.940. The number of hydrogen-bond acceptors (Lipinski definition) is 4. The first-order chi connectivity index (χ1) is 8.62. The van der Waals surface area contributed by atoms with Crippen molar-refractivity contribution >= 4 is 17.2 Å². The van der Waals surface area contributed by atoms with Crippen LogP contribution in [0.15, 0.2) is 5.38 Å². The van der Waals surface area contributed by atoms with Crippen LogP contribution in [0.1, 0.15) is 37.4 Å². The van der Waals surface area contributed by atoms with E-state index in [2.05, 4.69) is 18.8 Å². The molecule has 1 rings (SSSR count). The van der Waals surface area contributed by atoms with Crippen molar-refractivity contribution in [2.24, 2.45) is 0 Å². The molecule has 18 heavy (non-hydrogen) atoms. The summed E-state index contributed by atoms with van der Waals surface area (Å²) in [5.41, 5.74) is 0.830. The lowest BCUT2D eigenvalue weighted by Gasteiger charge is -2.29. The van der Waals surface area contributed by atoms with Crippen LogP contribution in [0.25, 0.3) is 0 Å². The third-order valence-electron chi connectivity index (χ3n) is 3.04. The molecule has 0 spiro atoms. The van der Waals surface area contributed by atoms with Crippen LogP contribution >= 0.6 is 11.3 Å². The molecule has 1 amide bonds. The first-order valence-electron chi connectivity index (χ1n) is 6.43. The van der Waals surface area contributed by atoms with Crippen LogP contribution in [0.4, 0.5) is 0 Å². The van der Waals surface area contributed by atoms with E-state index in [1.54, 1.807) is 16.2 Å². The molecule has 1 heterocycles. The van der Waals surface area contributed by atoms with Gasteiger partial charge in [-0.05, 0) is 19.8 Å². The minimum Gasteiger partial charge on any atom is -0.395 e. The summed E-state index contributed by atoms with van der Waals surface area (Å²) in [5, 5.41) is 12.0. The number of amides is 1. The van der Waals surface area contributed by atoms with E-state index in [1.807, 2.05) is 12.3 Å². The summed E-state index contributed by atoms with van der Waals surface area (Å²) in [4.78, 5) is 18.3. The lowest BCUT2D eigenvalue weighted by Crippen LogP contribution is -2.42. The summed E-state index contributed by atoms with van der Waals surface area (Å²) in [6.07, 6.45) is 2.16. The first-order valence-corrected chi connectivity index (χ1v) is 7.31. The zero-order chi connectivity index (χ0) is 13.5. The fourth-order valence-corrected chi connectivity index (χ4v) is 2.71. The predicted octanol–water partition coefficient (Wildman–Crippen LogP) is 2.00. The standard InChI is InChI=1S/C13H22N2O2S/c1-4-12(5-2)15(6-7-16)13(17)8-11-9-18-10(3)14-11/h9,12,16H,4-8H2,1-3H3. The van der Waals surface area contributed by atoms with Gasteiger partial charge in [0, 0.05) is 18.0 Å². The third-order valence-corrected chi connectivity index (χ3v) is 3.87. The third kappa shape index (κ3) is 4.07. The Morgan fingerprint density at radius 3 is 2.61 bits per heavy atom. The highest BCUT2D eigenvalue weighted by molar-refractivity contribution is 7.09. The van der Waals surface area contributed by atoms with Gasteiger partial charge in [0.05, 0.1) is 23.7 Å². The second-order valence-corrected chi connectivity index (χ2v) is 5.38. The number of aliphatic hydroxyl groups excluding tert-OH is 1. The topological polar surface area (TPSA) is 53.4 Å². The van der Waals surface area contributed by atoms with Gasteiger partial charge in [-0.3, -0.25) is 4.79 Å². The molecule has 1 N–H and O–H groups in total. The van der Waals surface area contributed by atoms with E-state index in [0.29, 0.717) is 13.0 Å². The molecule has 0 aliphatic rings. The monoisotopic (exact) mass is 270 g/mol. The maximum absolute atomic E-state index is 12.3. The van der Waals surface area contributed by atoms with E-state index in [1.165, 1.54) is 0 Å². The molecule has 0 fully saturated rings.